The van der Waals surface area contributed by atoms with E-state index in [2.05, 4.69) is 0 Å². The van der Waals surface area contributed by atoms with Crippen LogP contribution in [0.2, 0.25) is 0 Å². The lowest BCUT2D eigenvalue weighted by molar-refractivity contribution is 0.368. The van der Waals surface area contributed by atoms with Crippen LogP contribution in [0.3, 0.4) is 0 Å². The Morgan fingerprint density at radius 3 is 1.67 bits per heavy atom. The standard InChI is InChI=1S/C4H14N2O2S/c1-3-6(4-2)9(5,7)8/h7-8H,3-5H2,1-2H3. The molecule has 0 radical (unpaired) electrons. The van der Waals surface area contributed by atoms with E-state index in [4.69, 9.17) is 14.2 Å². The van der Waals surface area contributed by atoms with Crippen LogP contribution in [0.5, 0.6) is 0 Å². The van der Waals surface area contributed by atoms with Gasteiger partial charge in [-0.3, -0.25) is 9.11 Å². The summed E-state index contributed by atoms with van der Waals surface area (Å²) in [6, 6.07) is 0. The third kappa shape index (κ3) is 3.02. The molecule has 0 atom stereocenters. The molecule has 0 fully saturated rings. The van der Waals surface area contributed by atoms with Crippen LogP contribution in [-0.2, 0) is 0 Å². The third-order valence-electron chi connectivity index (χ3n) is 1.09. The molecule has 0 aromatic carbocycles. The number of hydrogen-bond donors (Lipinski definition) is 3. The molecular formula is C4H14N2O2S. The Bertz CT molecular complexity index is 79.1. The van der Waals surface area contributed by atoms with Gasteiger partial charge in [0.15, 0.2) is 0 Å². The molecule has 0 rings (SSSR count). The molecule has 5 heteroatoms. The first-order valence-electron chi connectivity index (χ1n) is 2.83. The Morgan fingerprint density at radius 1 is 1.33 bits per heavy atom. The maximum atomic E-state index is 8.82. The Kier molecular flexibility index (Phi) is 3.45. The van der Waals surface area contributed by atoms with Gasteiger partial charge < -0.3 is 0 Å². The van der Waals surface area contributed by atoms with E-state index in [1.807, 2.05) is 13.8 Å². The molecule has 0 heterocycles. The smallest absolute Gasteiger partial charge is 0.0163 e. The lowest BCUT2D eigenvalue weighted by Gasteiger charge is -2.37. The van der Waals surface area contributed by atoms with E-state index in [9.17, 15) is 0 Å². The largest absolute Gasteiger partial charge is 0.273 e. The Morgan fingerprint density at radius 2 is 1.67 bits per heavy atom. The van der Waals surface area contributed by atoms with Crippen LogP contribution < -0.4 is 5.14 Å². The fraction of sp³-hybridized carbons (Fsp3) is 1.00. The van der Waals surface area contributed by atoms with E-state index in [0.717, 1.165) is 0 Å². The summed E-state index contributed by atoms with van der Waals surface area (Å²) < 4.78 is 19.0. The quantitative estimate of drug-likeness (QED) is 0.564. The van der Waals surface area contributed by atoms with Crippen LogP contribution in [0.4, 0.5) is 0 Å². The van der Waals surface area contributed by atoms with Gasteiger partial charge in [0.25, 0.3) is 0 Å². The molecule has 0 aliphatic rings. The van der Waals surface area contributed by atoms with E-state index in [0.29, 0.717) is 13.1 Å². The van der Waals surface area contributed by atoms with E-state index < -0.39 is 11.0 Å². The van der Waals surface area contributed by atoms with Gasteiger partial charge in [-0.05, 0) is 0 Å². The van der Waals surface area contributed by atoms with Crippen molar-refractivity contribution in [1.29, 1.82) is 0 Å². The average Bonchev–Trinajstić information content (AvgIpc) is 1.65. The summed E-state index contributed by atoms with van der Waals surface area (Å²) in [6.45, 7) is 4.78. The summed E-state index contributed by atoms with van der Waals surface area (Å²) in [5.41, 5.74) is 0. The zero-order chi connectivity index (χ0) is 7.49. The van der Waals surface area contributed by atoms with Crippen molar-refractivity contribution in [2.75, 3.05) is 13.1 Å². The van der Waals surface area contributed by atoms with Crippen LogP contribution in [0.15, 0.2) is 0 Å². The van der Waals surface area contributed by atoms with Crippen LogP contribution in [0.25, 0.3) is 0 Å². The molecule has 0 aromatic heterocycles. The molecule has 4 nitrogen and oxygen atoms in total. The number of rotatable bonds is 3. The van der Waals surface area contributed by atoms with Gasteiger partial charge in [-0.2, -0.15) is 4.31 Å². The van der Waals surface area contributed by atoms with Crippen molar-refractivity contribution in [3.63, 3.8) is 0 Å². The zero-order valence-corrected chi connectivity index (χ0v) is 6.56. The first-order valence-corrected chi connectivity index (χ1v) is 4.40. The lowest BCUT2D eigenvalue weighted by Crippen LogP contribution is -2.32. The summed E-state index contributed by atoms with van der Waals surface area (Å²) in [7, 11) is -2.93. The van der Waals surface area contributed by atoms with Gasteiger partial charge in [0, 0.05) is 13.1 Å². The molecule has 0 saturated carbocycles. The van der Waals surface area contributed by atoms with Crippen molar-refractivity contribution in [3.05, 3.63) is 0 Å². The van der Waals surface area contributed by atoms with E-state index >= 15 is 0 Å². The minimum atomic E-state index is -2.93. The molecule has 0 aromatic rings. The van der Waals surface area contributed by atoms with Crippen LogP contribution in [0, 0.1) is 0 Å². The van der Waals surface area contributed by atoms with Gasteiger partial charge in [0.1, 0.15) is 0 Å². The predicted octanol–water partition coefficient (Wildman–Crippen LogP) is 0.868. The van der Waals surface area contributed by atoms with Gasteiger partial charge in [0.2, 0.25) is 0 Å². The second-order valence-corrected chi connectivity index (χ2v) is 3.31. The van der Waals surface area contributed by atoms with Gasteiger partial charge in [0.05, 0.1) is 0 Å². The lowest BCUT2D eigenvalue weighted by atomic mass is 10.7. The predicted molar refractivity (Wildman–Crippen MR) is 40.0 cm³/mol. The summed E-state index contributed by atoms with van der Waals surface area (Å²) in [5.74, 6) is 0. The monoisotopic (exact) mass is 154 g/mol. The summed E-state index contributed by atoms with van der Waals surface area (Å²) in [6.07, 6.45) is 0. The van der Waals surface area contributed by atoms with Crippen molar-refractivity contribution < 1.29 is 9.11 Å². The molecule has 0 amide bonds. The second-order valence-electron chi connectivity index (χ2n) is 1.68. The molecular weight excluding hydrogens is 140 g/mol. The Balaban J connectivity index is 3.79. The highest BCUT2D eigenvalue weighted by molar-refractivity contribution is 8.20. The van der Waals surface area contributed by atoms with Crippen LogP contribution in [0.1, 0.15) is 13.8 Å². The third-order valence-corrected chi connectivity index (χ3v) is 2.36. The number of nitrogens with zero attached hydrogens (tertiary/aromatic N) is 1. The summed E-state index contributed by atoms with van der Waals surface area (Å²) >= 11 is 0. The Labute approximate surface area is 57.3 Å². The molecule has 58 valence electrons. The average molecular weight is 154 g/mol. The van der Waals surface area contributed by atoms with Crippen LogP contribution in [-0.4, -0.2) is 26.5 Å². The highest BCUT2D eigenvalue weighted by Crippen LogP contribution is 2.32. The van der Waals surface area contributed by atoms with E-state index in [1.54, 1.807) is 0 Å². The maximum Gasteiger partial charge on any atom is 0.0163 e. The molecule has 0 saturated heterocycles. The summed E-state index contributed by atoms with van der Waals surface area (Å²) in [4.78, 5) is 0. The number of nitrogens with two attached hydrogens (primary N) is 1. The summed E-state index contributed by atoms with van der Waals surface area (Å²) in [5, 5.41) is 5.02. The van der Waals surface area contributed by atoms with Crippen molar-refractivity contribution in [2.24, 2.45) is 5.14 Å². The van der Waals surface area contributed by atoms with Gasteiger partial charge >= 0.3 is 0 Å². The minimum absolute atomic E-state index is 0.565. The van der Waals surface area contributed by atoms with E-state index in [-0.39, 0.29) is 0 Å². The van der Waals surface area contributed by atoms with Crippen LogP contribution >= 0.6 is 11.0 Å². The molecule has 0 unspecified atom stereocenters. The zero-order valence-electron chi connectivity index (χ0n) is 5.74. The van der Waals surface area contributed by atoms with Gasteiger partial charge in [-0.25, -0.2) is 5.14 Å². The first kappa shape index (κ1) is 9.19. The normalized spacial score (nSPS) is 14.4. The van der Waals surface area contributed by atoms with Crippen molar-refractivity contribution in [1.82, 2.24) is 4.31 Å². The highest BCUT2D eigenvalue weighted by Gasteiger charge is 2.12. The second kappa shape index (κ2) is 3.38. The SMILES string of the molecule is CCN(CC)S(N)(O)O. The number of hydrogen-bond acceptors (Lipinski definition) is 4. The van der Waals surface area contributed by atoms with Crippen molar-refractivity contribution in [3.8, 4) is 0 Å². The van der Waals surface area contributed by atoms with E-state index in [1.165, 1.54) is 4.31 Å². The van der Waals surface area contributed by atoms with Gasteiger partial charge in [-0.15, -0.1) is 0 Å². The minimum Gasteiger partial charge on any atom is -0.273 e. The molecule has 0 bridgehead atoms. The molecule has 4 N–H and O–H groups in total. The first-order chi connectivity index (χ1) is 4.02. The fourth-order valence-corrected chi connectivity index (χ4v) is 1.36. The van der Waals surface area contributed by atoms with Gasteiger partial charge in [-0.1, -0.05) is 24.8 Å². The van der Waals surface area contributed by atoms with Crippen molar-refractivity contribution >= 4 is 11.0 Å². The fourth-order valence-electron chi connectivity index (χ4n) is 0.604. The maximum absolute atomic E-state index is 8.82. The molecule has 0 spiro atoms. The Hall–Kier alpha value is 0.190. The molecule has 0 aliphatic carbocycles. The highest BCUT2D eigenvalue weighted by atomic mass is 32.3. The molecule has 0 aliphatic heterocycles. The topological polar surface area (TPSA) is 69.7 Å². The van der Waals surface area contributed by atoms with Crippen molar-refractivity contribution in [2.45, 2.75) is 13.8 Å². The molecule has 9 heavy (non-hydrogen) atoms.